The first-order valence-electron chi connectivity index (χ1n) is 23.7. The van der Waals surface area contributed by atoms with Crippen LogP contribution in [-0.2, 0) is 38.0 Å². The molecule has 13 N–H and O–H groups in total. The molecule has 5 aliphatic rings. The highest BCUT2D eigenvalue weighted by Crippen LogP contribution is 2.44. The fourth-order valence-electron chi connectivity index (χ4n) is 8.37. The number of carbonyl (C=O) groups is 2. The van der Waals surface area contributed by atoms with Crippen LogP contribution in [0.1, 0.15) is 11.1 Å². The van der Waals surface area contributed by atoms with E-state index in [-0.39, 0.29) is 45.6 Å². The highest BCUT2D eigenvalue weighted by Gasteiger charge is 2.52. The van der Waals surface area contributed by atoms with Crippen LogP contribution in [0, 0.1) is 0 Å². The van der Waals surface area contributed by atoms with Crippen molar-refractivity contribution >= 4 is 24.1 Å². The van der Waals surface area contributed by atoms with Gasteiger partial charge in [-0.3, -0.25) is 4.79 Å². The minimum Gasteiger partial charge on any atom is -0.508 e. The summed E-state index contributed by atoms with van der Waals surface area (Å²) in [5, 5.41) is 138. The molecule has 4 heterocycles. The van der Waals surface area contributed by atoms with E-state index < -0.39 is 147 Å². The third-order valence-corrected chi connectivity index (χ3v) is 12.7. The van der Waals surface area contributed by atoms with Gasteiger partial charge in [0.1, 0.15) is 97.6 Å². The first-order valence-corrected chi connectivity index (χ1v) is 23.7. The molecule has 1 aliphatic carbocycles. The topological polar surface area (TPSA) is 410 Å². The number of benzene rings is 4. The molecular formula is C52H54O26. The number of aliphatic hydroxyl groups excluding tert-OH is 9. The van der Waals surface area contributed by atoms with Crippen molar-refractivity contribution in [3.63, 3.8) is 0 Å². The molecule has 26 nitrogen and oxygen atoms in total. The molecule has 78 heavy (non-hydrogen) atoms. The standard InChI is InChI=1S/C52H54O26/c1-69-33-15-23(3-11-29(33)57)5-13-39(60)70-20-36-41(62)43(64)46(67)50(76-36)73-32-17-26(55)16-31-27(32)18-34(48(72-31)24-6-8-25(54)9-7-24)74-52-49(45(66)40(61)35(19-53)75-52)78-51-47(68)44(65)42(63)37(77-51)21-71-38(59)12-4-22-2-10-28(56)30(58)14-22/h2-18,35-37,40-47,49-54,56-58,61-68H,19-21H2,1H3/t35-,36-,37-,40-,41-,42-,43+,44+,45+,46-,47-,49-,50-,51+,52+/m1/s1. The van der Waals surface area contributed by atoms with Crippen molar-refractivity contribution in [3.05, 3.63) is 112 Å². The van der Waals surface area contributed by atoms with E-state index in [0.717, 1.165) is 30.4 Å². The second-order valence-corrected chi connectivity index (χ2v) is 18.0. The van der Waals surface area contributed by atoms with Gasteiger partial charge < -0.3 is 113 Å². The lowest BCUT2D eigenvalue weighted by Crippen LogP contribution is -2.65. The quantitative estimate of drug-likeness (QED) is 0.0300. The summed E-state index contributed by atoms with van der Waals surface area (Å²) in [6.07, 6.45) is -23.8. The molecule has 3 aromatic carbocycles. The van der Waals surface area contributed by atoms with Crippen LogP contribution in [0.2, 0.25) is 0 Å². The largest absolute Gasteiger partial charge is 0.508 e. The minimum atomic E-state index is -2.10. The number of rotatable bonds is 17. The van der Waals surface area contributed by atoms with Gasteiger partial charge in [0, 0.05) is 29.8 Å². The molecule has 3 aromatic rings. The predicted octanol–water partition coefficient (Wildman–Crippen LogP) is -1.05. The Morgan fingerprint density at radius 2 is 1.10 bits per heavy atom. The van der Waals surface area contributed by atoms with Crippen LogP contribution in [0.5, 0.6) is 40.2 Å². The molecule has 0 bridgehead atoms. The van der Waals surface area contributed by atoms with Crippen LogP contribution < -0.4 is 19.6 Å². The van der Waals surface area contributed by atoms with Crippen LogP contribution in [-0.4, -0.2) is 197 Å². The Labute approximate surface area is 440 Å². The summed E-state index contributed by atoms with van der Waals surface area (Å²) < 4.78 is 57.4. The van der Waals surface area contributed by atoms with Crippen molar-refractivity contribution in [3.8, 4) is 62.9 Å². The average Bonchev–Trinajstić information content (AvgIpc) is 3.51. The van der Waals surface area contributed by atoms with E-state index in [1.807, 2.05) is 0 Å². The maximum atomic E-state index is 13.2. The second kappa shape index (κ2) is 24.5. The van der Waals surface area contributed by atoms with Crippen LogP contribution in [0.4, 0.5) is 0 Å². The number of aliphatic hydroxyl groups is 9. The highest BCUT2D eigenvalue weighted by molar-refractivity contribution is 5.88. The smallest absolute Gasteiger partial charge is 0.330 e. The number of methoxy groups -OCH3 is 1. The summed E-state index contributed by atoms with van der Waals surface area (Å²) in [4.78, 5) is 38.6. The third kappa shape index (κ3) is 12.8. The second-order valence-electron chi connectivity index (χ2n) is 18.0. The molecule has 26 heteroatoms. The van der Waals surface area contributed by atoms with Crippen molar-refractivity contribution in [1.29, 1.82) is 0 Å². The highest BCUT2D eigenvalue weighted by atomic mass is 16.8. The summed E-state index contributed by atoms with van der Waals surface area (Å²) in [5.74, 6) is -4.12. The zero-order chi connectivity index (χ0) is 56.1. The summed E-state index contributed by atoms with van der Waals surface area (Å²) >= 11 is 0. The molecule has 0 radical (unpaired) electrons. The van der Waals surface area contributed by atoms with E-state index in [0.29, 0.717) is 11.1 Å². The maximum absolute atomic E-state index is 13.2. The van der Waals surface area contributed by atoms with Gasteiger partial charge in [0.25, 0.3) is 0 Å². The summed E-state index contributed by atoms with van der Waals surface area (Å²) in [6, 6.07) is 16.5. The van der Waals surface area contributed by atoms with Gasteiger partial charge in [0.15, 0.2) is 52.3 Å². The number of hydrogen-bond donors (Lipinski definition) is 13. The van der Waals surface area contributed by atoms with E-state index in [2.05, 4.69) is 0 Å². The maximum Gasteiger partial charge on any atom is 0.330 e. The fourth-order valence-corrected chi connectivity index (χ4v) is 8.37. The van der Waals surface area contributed by atoms with Crippen molar-refractivity contribution < 1.29 is 123 Å². The Balaban J connectivity index is 1.05. The first kappa shape index (κ1) is 56.8. The van der Waals surface area contributed by atoms with Gasteiger partial charge in [-0.1, -0.05) is 12.1 Å². The van der Waals surface area contributed by atoms with Gasteiger partial charge in [0.05, 0.1) is 19.3 Å². The molecule has 0 saturated carbocycles. The normalized spacial score (nSPS) is 29.3. The number of phenols is 4. The zero-order valence-electron chi connectivity index (χ0n) is 40.7. The third-order valence-electron chi connectivity index (χ3n) is 12.7. The number of esters is 2. The lowest BCUT2D eigenvalue weighted by molar-refractivity contribution is -0.358. The van der Waals surface area contributed by atoms with Gasteiger partial charge in [-0.05, 0) is 77.9 Å². The van der Waals surface area contributed by atoms with Crippen molar-refractivity contribution in [1.82, 2.24) is 0 Å². The first-order chi connectivity index (χ1) is 37.2. The molecule has 0 spiro atoms. The Morgan fingerprint density at radius 3 is 1.71 bits per heavy atom. The van der Waals surface area contributed by atoms with E-state index in [4.69, 9.17) is 47.0 Å². The lowest BCUT2D eigenvalue weighted by atomic mass is 9.97. The number of phenolic OH excluding ortho intramolecular Hbond substituents is 4. The number of ether oxygens (including phenoxy) is 9. The molecule has 15 atom stereocenters. The molecule has 3 fully saturated rings. The van der Waals surface area contributed by atoms with Gasteiger partial charge >= 0.3 is 11.9 Å². The fraction of sp³-hybridized carbons (Fsp3) is 0.365. The summed E-state index contributed by atoms with van der Waals surface area (Å²) in [7, 11) is 1.34. The molecule has 4 aliphatic heterocycles. The number of carbonyl (C=O) groups excluding carboxylic acids is 2. The Morgan fingerprint density at radius 1 is 0.551 bits per heavy atom. The zero-order valence-corrected chi connectivity index (χ0v) is 40.7. The van der Waals surface area contributed by atoms with Crippen molar-refractivity contribution in [2.45, 2.75) is 92.1 Å². The van der Waals surface area contributed by atoms with E-state index in [1.54, 1.807) is 0 Å². The van der Waals surface area contributed by atoms with E-state index in [1.165, 1.54) is 79.9 Å². The van der Waals surface area contributed by atoms with Gasteiger partial charge in [-0.25, -0.2) is 9.59 Å². The predicted molar refractivity (Wildman–Crippen MR) is 260 cm³/mol. The molecule has 418 valence electrons. The number of fused-ring (bicyclic) bond motifs is 1. The molecule has 8 rings (SSSR count). The van der Waals surface area contributed by atoms with Crippen LogP contribution in [0.25, 0.3) is 34.8 Å². The SMILES string of the molecule is COc1cc(C=CC(=O)OC[C@H]2O[C@@H](Oc3cc(=O)cc4oc(-c5ccc(O)cc5)c(O[C@H]5O[C@H](CO)[C@@H](O)[C@H](O)[C@H]5O[C@@H]5O[C@H](COC(=O)C=Cc6ccc(O)c(O)c6)[C@@H](O)[C@H](O)[C@H]5O)cc3-4)[C@H](O)[C@@H](O)[C@@H]2O)ccc1O. The molecule has 3 saturated heterocycles. The van der Waals surface area contributed by atoms with Crippen molar-refractivity contribution in [2.75, 3.05) is 26.9 Å². The van der Waals surface area contributed by atoms with Gasteiger partial charge in [-0.15, -0.1) is 0 Å². The molecule has 0 amide bonds. The van der Waals surface area contributed by atoms with E-state index >= 15 is 0 Å². The van der Waals surface area contributed by atoms with Crippen LogP contribution in [0.3, 0.4) is 0 Å². The molecule has 0 unspecified atom stereocenters. The summed E-state index contributed by atoms with van der Waals surface area (Å²) in [6.45, 7) is -2.36. The Hall–Kier alpha value is -7.41. The van der Waals surface area contributed by atoms with E-state index in [9.17, 15) is 80.8 Å². The Kier molecular flexibility index (Phi) is 17.8. The van der Waals surface area contributed by atoms with Gasteiger partial charge in [-0.2, -0.15) is 0 Å². The monoisotopic (exact) mass is 1090 g/mol. The minimum absolute atomic E-state index is 0.119. The van der Waals surface area contributed by atoms with Crippen molar-refractivity contribution in [2.24, 2.45) is 0 Å². The molecule has 0 aromatic heterocycles. The van der Waals surface area contributed by atoms with Crippen LogP contribution in [0.15, 0.2) is 100 Å². The number of hydrogen-bond acceptors (Lipinski definition) is 26. The summed E-state index contributed by atoms with van der Waals surface area (Å²) in [5.41, 5.74) is 0.0619. The lowest BCUT2D eigenvalue weighted by Gasteiger charge is -2.46. The Bertz CT molecular complexity index is 2980. The van der Waals surface area contributed by atoms with Gasteiger partial charge in [0.2, 0.25) is 12.6 Å². The molecular weight excluding hydrogens is 1040 g/mol. The average molecular weight is 1090 g/mol. The number of aromatic hydroxyl groups is 4. The van der Waals surface area contributed by atoms with Crippen LogP contribution >= 0.6 is 0 Å².